The molecule has 2 aliphatic heterocycles. The van der Waals surface area contributed by atoms with Crippen LogP contribution in [0.5, 0.6) is 5.75 Å². The Hall–Kier alpha value is -2.14. The predicted molar refractivity (Wildman–Crippen MR) is 126 cm³/mol. The third kappa shape index (κ3) is 5.38. The van der Waals surface area contributed by atoms with Crippen molar-refractivity contribution in [2.45, 2.75) is 51.4 Å². The van der Waals surface area contributed by atoms with Crippen molar-refractivity contribution in [2.24, 2.45) is 5.92 Å². The molecule has 0 radical (unpaired) electrons. The zero-order valence-electron chi connectivity index (χ0n) is 18.7. The molecule has 4 rings (SSSR count). The van der Waals surface area contributed by atoms with Crippen LogP contribution in [0.4, 0.5) is 0 Å². The van der Waals surface area contributed by atoms with Crippen molar-refractivity contribution >= 4 is 0 Å². The minimum absolute atomic E-state index is 0.00702. The van der Waals surface area contributed by atoms with E-state index in [2.05, 4.69) is 53.2 Å². The number of aromatic hydroxyl groups is 1. The number of aryl methyl sites for hydroxylation is 1. The van der Waals surface area contributed by atoms with Gasteiger partial charge in [-0.3, -0.25) is 4.90 Å². The van der Waals surface area contributed by atoms with Crippen molar-refractivity contribution in [3.63, 3.8) is 0 Å². The highest BCUT2D eigenvalue weighted by atomic mass is 16.5. The first-order valence-electron chi connectivity index (χ1n) is 11.7. The topological polar surface area (TPSA) is 44.7 Å². The summed E-state index contributed by atoms with van der Waals surface area (Å²) >= 11 is 0. The zero-order valence-corrected chi connectivity index (χ0v) is 18.7. The number of hydrogen-bond donors (Lipinski definition) is 2. The third-order valence-electron chi connectivity index (χ3n) is 6.87. The molecule has 1 fully saturated rings. The van der Waals surface area contributed by atoms with E-state index in [0.29, 0.717) is 11.7 Å². The lowest BCUT2D eigenvalue weighted by Crippen LogP contribution is -2.42. The van der Waals surface area contributed by atoms with Gasteiger partial charge in [-0.25, -0.2) is 0 Å². The van der Waals surface area contributed by atoms with E-state index >= 15 is 0 Å². The monoisotopic (exact) mass is 420 g/mol. The van der Waals surface area contributed by atoms with Gasteiger partial charge < -0.3 is 15.2 Å². The summed E-state index contributed by atoms with van der Waals surface area (Å²) in [7, 11) is 0. The quantitative estimate of drug-likeness (QED) is 0.477. The third-order valence-corrected chi connectivity index (χ3v) is 6.87. The number of nitrogens with one attached hydrogen (secondary N) is 1. The van der Waals surface area contributed by atoms with E-state index in [1.807, 2.05) is 19.1 Å². The molecule has 0 aliphatic carbocycles. The van der Waals surface area contributed by atoms with Gasteiger partial charge in [-0.2, -0.15) is 0 Å². The molecule has 0 amide bonds. The van der Waals surface area contributed by atoms with E-state index in [-0.39, 0.29) is 12.2 Å². The summed E-state index contributed by atoms with van der Waals surface area (Å²) in [4.78, 5) is 2.55. The normalized spacial score (nSPS) is 22.2. The molecule has 4 nitrogen and oxygen atoms in total. The van der Waals surface area contributed by atoms with Gasteiger partial charge >= 0.3 is 0 Å². The van der Waals surface area contributed by atoms with Crippen LogP contribution in [-0.4, -0.2) is 42.3 Å². The summed E-state index contributed by atoms with van der Waals surface area (Å²) in [6, 6.07) is 14.9. The van der Waals surface area contributed by atoms with Gasteiger partial charge in [0.2, 0.25) is 0 Å². The van der Waals surface area contributed by atoms with E-state index in [9.17, 15) is 5.11 Å². The maximum Gasteiger partial charge on any atom is 0.122 e. The number of piperidine rings is 1. The molecular weight excluding hydrogens is 384 g/mol. The van der Waals surface area contributed by atoms with Gasteiger partial charge in [0.05, 0.1) is 12.2 Å². The molecule has 2 aromatic carbocycles. The SMILES string of the molecule is C=CCCNC[C@@H]1O[C@H](C2CCN(Cc3ccccc3)CC2)Cc2c1ccc(C)c2O. The Morgan fingerprint density at radius 2 is 1.94 bits per heavy atom. The highest BCUT2D eigenvalue weighted by molar-refractivity contribution is 5.47. The minimum Gasteiger partial charge on any atom is -0.507 e. The van der Waals surface area contributed by atoms with Crippen molar-refractivity contribution in [3.8, 4) is 5.75 Å². The van der Waals surface area contributed by atoms with Crippen LogP contribution in [0.25, 0.3) is 0 Å². The fraction of sp³-hybridized carbons (Fsp3) is 0.481. The first-order valence-corrected chi connectivity index (χ1v) is 11.7. The molecule has 0 saturated carbocycles. The lowest BCUT2D eigenvalue weighted by Gasteiger charge is -2.41. The van der Waals surface area contributed by atoms with Gasteiger partial charge in [0.25, 0.3) is 0 Å². The number of phenols is 1. The van der Waals surface area contributed by atoms with Gasteiger partial charge in [-0.15, -0.1) is 6.58 Å². The maximum atomic E-state index is 10.8. The smallest absolute Gasteiger partial charge is 0.122 e. The van der Waals surface area contributed by atoms with E-state index < -0.39 is 0 Å². The number of ether oxygens (including phenoxy) is 1. The molecule has 31 heavy (non-hydrogen) atoms. The molecule has 2 heterocycles. The van der Waals surface area contributed by atoms with Crippen LogP contribution in [-0.2, 0) is 17.7 Å². The molecule has 0 unspecified atom stereocenters. The standard InChI is InChI=1S/C27H36N2O2/c1-3-4-14-28-18-26-23-11-10-20(2)27(30)24(23)17-25(31-26)22-12-15-29(16-13-22)19-21-8-6-5-7-9-21/h3,5-11,22,25-26,28,30H,1,4,12-19H2,2H3/t25-,26-/m0/s1. The van der Waals surface area contributed by atoms with Gasteiger partial charge in [-0.1, -0.05) is 48.5 Å². The maximum absolute atomic E-state index is 10.8. The van der Waals surface area contributed by atoms with Crippen LogP contribution in [0.3, 0.4) is 0 Å². The van der Waals surface area contributed by atoms with Crippen molar-refractivity contribution in [2.75, 3.05) is 26.2 Å². The van der Waals surface area contributed by atoms with Crippen molar-refractivity contribution < 1.29 is 9.84 Å². The van der Waals surface area contributed by atoms with E-state index in [0.717, 1.165) is 75.1 Å². The Morgan fingerprint density at radius 3 is 2.68 bits per heavy atom. The molecule has 2 aromatic rings. The first kappa shape index (κ1) is 22.1. The number of fused-ring (bicyclic) bond motifs is 1. The number of likely N-dealkylation sites (tertiary alicyclic amines) is 1. The number of hydrogen-bond acceptors (Lipinski definition) is 4. The fourth-order valence-electron chi connectivity index (χ4n) is 5.02. The summed E-state index contributed by atoms with van der Waals surface area (Å²) in [5.74, 6) is 0.999. The van der Waals surface area contributed by atoms with Crippen LogP contribution in [0, 0.1) is 12.8 Å². The van der Waals surface area contributed by atoms with Gasteiger partial charge in [0.1, 0.15) is 5.75 Å². The lowest BCUT2D eigenvalue weighted by atomic mass is 9.83. The highest BCUT2D eigenvalue weighted by Crippen LogP contribution is 2.40. The zero-order chi connectivity index (χ0) is 21.6. The van der Waals surface area contributed by atoms with Crippen LogP contribution >= 0.6 is 0 Å². The molecule has 166 valence electrons. The van der Waals surface area contributed by atoms with E-state index in [4.69, 9.17) is 4.74 Å². The van der Waals surface area contributed by atoms with Gasteiger partial charge in [0.15, 0.2) is 0 Å². The van der Waals surface area contributed by atoms with E-state index in [1.54, 1.807) is 0 Å². The summed E-state index contributed by atoms with van der Waals surface area (Å²) in [6.45, 7) is 10.7. The Bertz CT molecular complexity index is 859. The summed E-state index contributed by atoms with van der Waals surface area (Å²) in [5, 5.41) is 14.3. The van der Waals surface area contributed by atoms with Crippen LogP contribution in [0.1, 0.15) is 47.6 Å². The molecule has 0 bridgehead atoms. The van der Waals surface area contributed by atoms with Crippen molar-refractivity contribution in [1.82, 2.24) is 10.2 Å². The predicted octanol–water partition coefficient (Wildman–Crippen LogP) is 4.76. The largest absolute Gasteiger partial charge is 0.507 e. The summed E-state index contributed by atoms with van der Waals surface area (Å²) < 4.78 is 6.66. The Kier molecular flexibility index (Phi) is 7.44. The second-order valence-corrected chi connectivity index (χ2v) is 9.05. The fourth-order valence-corrected chi connectivity index (χ4v) is 5.02. The average Bonchev–Trinajstić information content (AvgIpc) is 2.80. The number of rotatable bonds is 8. The molecule has 1 saturated heterocycles. The van der Waals surface area contributed by atoms with Crippen LogP contribution in [0.2, 0.25) is 0 Å². The molecular formula is C27H36N2O2. The molecule has 0 spiro atoms. The first-order chi connectivity index (χ1) is 15.2. The van der Waals surface area contributed by atoms with E-state index in [1.165, 1.54) is 5.56 Å². The minimum atomic E-state index is -0.00702. The highest BCUT2D eigenvalue weighted by Gasteiger charge is 2.35. The van der Waals surface area contributed by atoms with Gasteiger partial charge in [0, 0.05) is 25.1 Å². The lowest BCUT2D eigenvalue weighted by molar-refractivity contribution is -0.0679. The van der Waals surface area contributed by atoms with Crippen LogP contribution in [0.15, 0.2) is 55.1 Å². The van der Waals surface area contributed by atoms with Crippen molar-refractivity contribution in [3.05, 3.63) is 77.4 Å². The molecule has 2 atom stereocenters. The molecule has 2 N–H and O–H groups in total. The second-order valence-electron chi connectivity index (χ2n) is 9.05. The number of benzene rings is 2. The molecule has 4 heteroatoms. The molecule has 0 aromatic heterocycles. The Morgan fingerprint density at radius 1 is 1.16 bits per heavy atom. The van der Waals surface area contributed by atoms with Crippen molar-refractivity contribution in [1.29, 1.82) is 0 Å². The number of nitrogens with zero attached hydrogens (tertiary/aromatic N) is 1. The summed E-state index contributed by atoms with van der Waals surface area (Å²) in [5.41, 5.74) is 4.58. The molecule has 2 aliphatic rings. The second kappa shape index (κ2) is 10.4. The Balaban J connectivity index is 1.41. The average molecular weight is 421 g/mol. The van der Waals surface area contributed by atoms with Gasteiger partial charge in [-0.05, 0) is 68.4 Å². The Labute approximate surface area is 186 Å². The van der Waals surface area contributed by atoms with Crippen LogP contribution < -0.4 is 5.32 Å². The number of phenolic OH excluding ortho intramolecular Hbond substituents is 1. The summed E-state index contributed by atoms with van der Waals surface area (Å²) in [6.07, 6.45) is 6.16.